The van der Waals surface area contributed by atoms with E-state index >= 15 is 0 Å². The van der Waals surface area contributed by atoms with E-state index in [1.54, 1.807) is 0 Å². The SMILES string of the molecule is O=NN1CC(Cl)CCC1C1NC(=O)C(C2CCC(Cl)CN2N=O)NC1=O. The Morgan fingerprint density at radius 1 is 0.769 bits per heavy atom. The maximum atomic E-state index is 12.6. The third-order valence-electron chi connectivity index (χ3n) is 5.23. The second kappa shape index (κ2) is 7.91. The number of alkyl halides is 2. The number of nitrogens with one attached hydrogen (secondary N) is 2. The van der Waals surface area contributed by atoms with E-state index in [1.807, 2.05) is 0 Å². The van der Waals surface area contributed by atoms with Gasteiger partial charge in [-0.25, -0.2) is 0 Å². The number of hydrogen-bond acceptors (Lipinski definition) is 6. The van der Waals surface area contributed by atoms with Crippen molar-refractivity contribution in [1.29, 1.82) is 0 Å². The van der Waals surface area contributed by atoms with E-state index in [9.17, 15) is 19.4 Å². The lowest BCUT2D eigenvalue weighted by atomic mass is 9.90. The lowest BCUT2D eigenvalue weighted by Gasteiger charge is -2.43. The van der Waals surface area contributed by atoms with Crippen LogP contribution in [-0.4, -0.2) is 69.8 Å². The van der Waals surface area contributed by atoms with Gasteiger partial charge in [0.1, 0.15) is 12.1 Å². The predicted molar refractivity (Wildman–Crippen MR) is 94.2 cm³/mol. The van der Waals surface area contributed by atoms with Crippen LogP contribution in [0.25, 0.3) is 0 Å². The Balaban J connectivity index is 1.71. The van der Waals surface area contributed by atoms with Gasteiger partial charge in [0, 0.05) is 0 Å². The summed E-state index contributed by atoms with van der Waals surface area (Å²) in [6.07, 6.45) is 2.15. The van der Waals surface area contributed by atoms with Gasteiger partial charge < -0.3 is 10.6 Å². The lowest BCUT2D eigenvalue weighted by Crippen LogP contribution is -2.71. The van der Waals surface area contributed by atoms with Gasteiger partial charge in [-0.1, -0.05) is 0 Å². The Hall–Kier alpha value is -1.68. The average Bonchev–Trinajstić information content (AvgIpc) is 2.63. The number of carbonyl (C=O) groups excluding carboxylic acids is 2. The Labute approximate surface area is 159 Å². The first-order chi connectivity index (χ1) is 12.4. The van der Waals surface area contributed by atoms with Crippen LogP contribution in [0.4, 0.5) is 0 Å². The number of rotatable bonds is 4. The van der Waals surface area contributed by atoms with Gasteiger partial charge in [-0.15, -0.1) is 33.0 Å². The third-order valence-corrected chi connectivity index (χ3v) is 5.94. The van der Waals surface area contributed by atoms with Crippen molar-refractivity contribution >= 4 is 35.0 Å². The molecule has 12 heteroatoms. The normalized spacial score (nSPS) is 38.4. The molecule has 3 rings (SSSR count). The number of nitrogens with zero attached hydrogens (tertiary/aromatic N) is 4. The average molecular weight is 407 g/mol. The molecule has 26 heavy (non-hydrogen) atoms. The maximum Gasteiger partial charge on any atom is 0.245 e. The Morgan fingerprint density at radius 2 is 1.15 bits per heavy atom. The second-order valence-electron chi connectivity index (χ2n) is 6.86. The van der Waals surface area contributed by atoms with Gasteiger partial charge in [0.15, 0.2) is 0 Å². The van der Waals surface area contributed by atoms with Crippen LogP contribution in [0.5, 0.6) is 0 Å². The molecule has 0 radical (unpaired) electrons. The minimum absolute atomic E-state index is 0.224. The number of nitroso groups, excluding NO2 is 2. The number of hydrogen-bond donors (Lipinski definition) is 2. The highest BCUT2D eigenvalue weighted by Crippen LogP contribution is 2.27. The summed E-state index contributed by atoms with van der Waals surface area (Å²) in [4.78, 5) is 47.4. The zero-order valence-corrected chi connectivity index (χ0v) is 15.4. The summed E-state index contributed by atoms with van der Waals surface area (Å²) in [5.41, 5.74) is 0. The molecule has 3 saturated heterocycles. The molecule has 0 bridgehead atoms. The molecule has 3 aliphatic heterocycles. The predicted octanol–water partition coefficient (Wildman–Crippen LogP) is 0.476. The van der Waals surface area contributed by atoms with Gasteiger partial charge >= 0.3 is 0 Å². The number of carbonyl (C=O) groups is 2. The molecular formula is C14H20Cl2N6O4. The summed E-state index contributed by atoms with van der Waals surface area (Å²) in [5, 5.41) is 13.2. The number of piperidine rings is 2. The highest BCUT2D eigenvalue weighted by molar-refractivity contribution is 6.21. The van der Waals surface area contributed by atoms with Crippen LogP contribution < -0.4 is 10.6 Å². The minimum atomic E-state index is -0.900. The van der Waals surface area contributed by atoms with Crippen LogP contribution in [0.2, 0.25) is 0 Å². The van der Waals surface area contributed by atoms with Crippen molar-refractivity contribution in [2.75, 3.05) is 13.1 Å². The van der Waals surface area contributed by atoms with Crippen LogP contribution in [0, 0.1) is 9.81 Å². The van der Waals surface area contributed by atoms with Gasteiger partial charge in [0.2, 0.25) is 11.8 Å². The molecule has 6 atom stereocenters. The first kappa shape index (κ1) is 19.1. The molecule has 2 amide bonds. The van der Waals surface area contributed by atoms with Crippen molar-refractivity contribution in [1.82, 2.24) is 20.7 Å². The molecule has 0 aromatic carbocycles. The second-order valence-corrected chi connectivity index (χ2v) is 8.10. The quantitative estimate of drug-likeness (QED) is 0.516. The third kappa shape index (κ3) is 3.71. The van der Waals surface area contributed by atoms with E-state index in [2.05, 4.69) is 21.2 Å². The van der Waals surface area contributed by atoms with Gasteiger partial charge in [-0.3, -0.25) is 19.6 Å². The molecule has 0 aromatic heterocycles. The Bertz CT molecular complexity index is 546. The van der Waals surface area contributed by atoms with Crippen molar-refractivity contribution in [2.24, 2.45) is 10.6 Å². The Kier molecular flexibility index (Phi) is 5.81. The van der Waals surface area contributed by atoms with Crippen molar-refractivity contribution in [3.63, 3.8) is 0 Å². The summed E-state index contributed by atoms with van der Waals surface area (Å²) in [6.45, 7) is 0.447. The van der Waals surface area contributed by atoms with Gasteiger partial charge in [0.25, 0.3) is 0 Å². The van der Waals surface area contributed by atoms with E-state index in [0.29, 0.717) is 25.7 Å². The van der Waals surface area contributed by atoms with Crippen molar-refractivity contribution in [2.45, 2.75) is 60.6 Å². The molecule has 0 spiro atoms. The van der Waals surface area contributed by atoms with Crippen molar-refractivity contribution in [3.05, 3.63) is 9.81 Å². The molecule has 6 unspecified atom stereocenters. The zero-order chi connectivity index (χ0) is 18.8. The molecule has 0 saturated carbocycles. The fourth-order valence-electron chi connectivity index (χ4n) is 3.88. The molecule has 2 N–H and O–H groups in total. The number of piperazine rings is 1. The lowest BCUT2D eigenvalue weighted by molar-refractivity contribution is -0.141. The van der Waals surface area contributed by atoms with Crippen LogP contribution in [-0.2, 0) is 9.59 Å². The van der Waals surface area contributed by atoms with Crippen LogP contribution >= 0.6 is 23.2 Å². The van der Waals surface area contributed by atoms with Gasteiger partial charge in [0.05, 0.1) is 46.5 Å². The van der Waals surface area contributed by atoms with Crippen LogP contribution in [0.1, 0.15) is 25.7 Å². The largest absolute Gasteiger partial charge is 0.341 e. The smallest absolute Gasteiger partial charge is 0.245 e. The van der Waals surface area contributed by atoms with E-state index in [0.717, 1.165) is 0 Å². The molecule has 3 fully saturated rings. The fourth-order valence-corrected chi connectivity index (χ4v) is 4.42. The summed E-state index contributed by atoms with van der Waals surface area (Å²) < 4.78 is 0. The molecule has 0 aromatic rings. The summed E-state index contributed by atoms with van der Waals surface area (Å²) in [7, 11) is 0. The fraction of sp³-hybridized carbons (Fsp3) is 0.857. The Morgan fingerprint density at radius 3 is 1.50 bits per heavy atom. The van der Waals surface area contributed by atoms with E-state index in [-0.39, 0.29) is 23.8 Å². The molecule has 10 nitrogen and oxygen atoms in total. The minimum Gasteiger partial charge on any atom is -0.341 e. The van der Waals surface area contributed by atoms with E-state index < -0.39 is 36.0 Å². The first-order valence-electron chi connectivity index (χ1n) is 8.53. The van der Waals surface area contributed by atoms with E-state index in [4.69, 9.17) is 23.2 Å². The standard InChI is InChI=1S/C14H20Cl2N6O4/c15-7-1-3-9(21(5-7)19-25)11-13(23)18-12(14(24)17-11)10-4-2-8(16)6-22(10)20-26/h7-12H,1-6H2,(H,17,24)(H,18,23). The summed E-state index contributed by atoms with van der Waals surface area (Å²) in [6, 6.07) is -2.90. The summed E-state index contributed by atoms with van der Waals surface area (Å²) >= 11 is 12.1. The van der Waals surface area contributed by atoms with E-state index in [1.165, 1.54) is 10.0 Å². The highest BCUT2D eigenvalue weighted by Gasteiger charge is 2.47. The number of halogens is 2. The molecule has 144 valence electrons. The van der Waals surface area contributed by atoms with Crippen LogP contribution in [0.3, 0.4) is 0 Å². The molecule has 3 aliphatic rings. The monoisotopic (exact) mass is 406 g/mol. The topological polar surface area (TPSA) is 124 Å². The van der Waals surface area contributed by atoms with Crippen LogP contribution in [0.15, 0.2) is 10.6 Å². The zero-order valence-electron chi connectivity index (χ0n) is 13.9. The maximum absolute atomic E-state index is 12.6. The van der Waals surface area contributed by atoms with Gasteiger partial charge in [-0.2, -0.15) is 0 Å². The van der Waals surface area contributed by atoms with Crippen molar-refractivity contribution < 1.29 is 9.59 Å². The molecular weight excluding hydrogens is 387 g/mol. The summed E-state index contributed by atoms with van der Waals surface area (Å²) in [5.74, 6) is -0.833. The van der Waals surface area contributed by atoms with Crippen molar-refractivity contribution in [3.8, 4) is 0 Å². The van der Waals surface area contributed by atoms with Gasteiger partial charge in [-0.05, 0) is 25.7 Å². The molecule has 3 heterocycles. The molecule has 0 aliphatic carbocycles. The number of amides is 2. The first-order valence-corrected chi connectivity index (χ1v) is 9.40. The highest BCUT2D eigenvalue weighted by atomic mass is 35.5.